The standard InChI is InChI=1S/C13H14ClN3O2/c1-9-12(6-7-13(18)19)15-16-17(9)8-10-2-4-11(14)5-3-10/h2-5H,6-8H2,1H3,(H,18,19). The van der Waals surface area contributed by atoms with E-state index in [1.165, 1.54) is 0 Å². The fourth-order valence-electron chi connectivity index (χ4n) is 1.77. The minimum Gasteiger partial charge on any atom is -0.481 e. The molecule has 0 atom stereocenters. The molecule has 0 spiro atoms. The lowest BCUT2D eigenvalue weighted by molar-refractivity contribution is -0.136. The van der Waals surface area contributed by atoms with E-state index in [4.69, 9.17) is 16.7 Å². The van der Waals surface area contributed by atoms with E-state index in [2.05, 4.69) is 10.3 Å². The molecule has 0 aliphatic carbocycles. The van der Waals surface area contributed by atoms with Crippen LogP contribution in [0.2, 0.25) is 5.02 Å². The lowest BCUT2D eigenvalue weighted by atomic mass is 10.2. The van der Waals surface area contributed by atoms with Crippen molar-refractivity contribution in [3.05, 3.63) is 46.2 Å². The first-order chi connectivity index (χ1) is 9.06. The van der Waals surface area contributed by atoms with Gasteiger partial charge in [-0.2, -0.15) is 0 Å². The van der Waals surface area contributed by atoms with Crippen LogP contribution < -0.4 is 0 Å². The summed E-state index contributed by atoms with van der Waals surface area (Å²) in [6, 6.07) is 7.52. The number of aromatic nitrogens is 3. The van der Waals surface area contributed by atoms with Crippen LogP contribution in [0.5, 0.6) is 0 Å². The van der Waals surface area contributed by atoms with Gasteiger partial charge in [0.25, 0.3) is 0 Å². The van der Waals surface area contributed by atoms with Gasteiger partial charge in [-0.3, -0.25) is 4.79 Å². The van der Waals surface area contributed by atoms with E-state index in [1.54, 1.807) is 4.68 Å². The van der Waals surface area contributed by atoms with Crippen LogP contribution in [0.3, 0.4) is 0 Å². The fourth-order valence-corrected chi connectivity index (χ4v) is 1.89. The van der Waals surface area contributed by atoms with Crippen molar-refractivity contribution in [2.75, 3.05) is 0 Å². The van der Waals surface area contributed by atoms with Gasteiger partial charge in [0.2, 0.25) is 0 Å². The summed E-state index contributed by atoms with van der Waals surface area (Å²) >= 11 is 5.83. The first-order valence-corrected chi connectivity index (χ1v) is 6.29. The van der Waals surface area contributed by atoms with E-state index in [0.29, 0.717) is 18.0 Å². The summed E-state index contributed by atoms with van der Waals surface area (Å²) in [6.45, 7) is 2.50. The van der Waals surface area contributed by atoms with E-state index < -0.39 is 5.97 Å². The van der Waals surface area contributed by atoms with Crippen LogP contribution in [0.15, 0.2) is 24.3 Å². The second-order valence-corrected chi connectivity index (χ2v) is 4.74. The summed E-state index contributed by atoms with van der Waals surface area (Å²) < 4.78 is 1.76. The summed E-state index contributed by atoms with van der Waals surface area (Å²) in [5, 5.41) is 17.4. The Hall–Kier alpha value is -1.88. The maximum Gasteiger partial charge on any atom is 0.303 e. The third-order valence-electron chi connectivity index (χ3n) is 2.90. The lowest BCUT2D eigenvalue weighted by Crippen LogP contribution is -2.04. The van der Waals surface area contributed by atoms with Crippen molar-refractivity contribution < 1.29 is 9.90 Å². The maximum atomic E-state index is 10.5. The molecule has 1 aromatic heterocycles. The minimum atomic E-state index is -0.827. The van der Waals surface area contributed by atoms with Gasteiger partial charge < -0.3 is 5.11 Å². The molecule has 1 heterocycles. The van der Waals surface area contributed by atoms with Crippen molar-refractivity contribution in [2.24, 2.45) is 0 Å². The number of hydrogen-bond donors (Lipinski definition) is 1. The predicted octanol–water partition coefficient (Wildman–Crippen LogP) is 2.31. The smallest absolute Gasteiger partial charge is 0.303 e. The molecule has 2 aromatic rings. The van der Waals surface area contributed by atoms with Crippen molar-refractivity contribution in [3.8, 4) is 0 Å². The summed E-state index contributed by atoms with van der Waals surface area (Å²) in [5.41, 5.74) is 2.70. The average molecular weight is 280 g/mol. The molecule has 2 rings (SSSR count). The van der Waals surface area contributed by atoms with Gasteiger partial charge in [-0.15, -0.1) is 5.10 Å². The SMILES string of the molecule is Cc1c(CCC(=O)O)nnn1Cc1ccc(Cl)cc1. The van der Waals surface area contributed by atoms with Crippen LogP contribution in [-0.2, 0) is 17.8 Å². The zero-order chi connectivity index (χ0) is 13.8. The first kappa shape index (κ1) is 13.5. The first-order valence-electron chi connectivity index (χ1n) is 5.91. The molecular weight excluding hydrogens is 266 g/mol. The van der Waals surface area contributed by atoms with Crippen molar-refractivity contribution in [2.45, 2.75) is 26.3 Å². The molecule has 0 saturated heterocycles. The highest BCUT2D eigenvalue weighted by Crippen LogP contribution is 2.12. The van der Waals surface area contributed by atoms with Crippen molar-refractivity contribution >= 4 is 17.6 Å². The fraction of sp³-hybridized carbons (Fsp3) is 0.308. The van der Waals surface area contributed by atoms with Crippen LogP contribution in [-0.4, -0.2) is 26.1 Å². The second kappa shape index (κ2) is 5.84. The number of rotatable bonds is 5. The largest absolute Gasteiger partial charge is 0.481 e. The summed E-state index contributed by atoms with van der Waals surface area (Å²) in [7, 11) is 0. The molecule has 0 amide bonds. The molecule has 1 aromatic carbocycles. The van der Waals surface area contributed by atoms with Gasteiger partial charge in [0.15, 0.2) is 0 Å². The van der Waals surface area contributed by atoms with Gasteiger partial charge in [0, 0.05) is 11.4 Å². The van der Waals surface area contributed by atoms with Gasteiger partial charge in [-0.25, -0.2) is 4.68 Å². The Morgan fingerprint density at radius 2 is 2.05 bits per heavy atom. The molecule has 0 fully saturated rings. The Bertz CT molecular complexity index is 578. The van der Waals surface area contributed by atoms with Crippen LogP contribution >= 0.6 is 11.6 Å². The predicted molar refractivity (Wildman–Crippen MR) is 71.3 cm³/mol. The highest BCUT2D eigenvalue weighted by molar-refractivity contribution is 6.30. The van der Waals surface area contributed by atoms with Crippen LogP contribution in [0, 0.1) is 6.92 Å². The highest BCUT2D eigenvalue weighted by Gasteiger charge is 2.10. The van der Waals surface area contributed by atoms with Crippen molar-refractivity contribution in [3.63, 3.8) is 0 Å². The summed E-state index contributed by atoms with van der Waals surface area (Å²) in [4.78, 5) is 10.5. The molecule has 0 saturated carbocycles. The van der Waals surface area contributed by atoms with Gasteiger partial charge in [-0.1, -0.05) is 28.9 Å². The molecule has 100 valence electrons. The number of carbonyl (C=O) groups is 1. The van der Waals surface area contributed by atoms with Gasteiger partial charge in [-0.05, 0) is 24.6 Å². The molecule has 0 bridgehead atoms. The number of halogens is 1. The van der Waals surface area contributed by atoms with Gasteiger partial charge in [0.05, 0.1) is 24.4 Å². The van der Waals surface area contributed by atoms with Crippen LogP contribution in [0.4, 0.5) is 0 Å². The molecule has 0 radical (unpaired) electrons. The number of benzene rings is 1. The Morgan fingerprint density at radius 3 is 2.68 bits per heavy atom. The molecule has 1 N–H and O–H groups in total. The Balaban J connectivity index is 2.09. The molecular formula is C13H14ClN3O2. The van der Waals surface area contributed by atoms with E-state index in [9.17, 15) is 4.79 Å². The number of nitrogens with zero attached hydrogens (tertiary/aromatic N) is 3. The molecule has 19 heavy (non-hydrogen) atoms. The monoisotopic (exact) mass is 279 g/mol. The number of hydrogen-bond acceptors (Lipinski definition) is 3. The van der Waals surface area contributed by atoms with Crippen molar-refractivity contribution in [1.29, 1.82) is 0 Å². The van der Waals surface area contributed by atoms with Crippen LogP contribution in [0.25, 0.3) is 0 Å². The normalized spacial score (nSPS) is 10.6. The van der Waals surface area contributed by atoms with E-state index in [-0.39, 0.29) is 6.42 Å². The maximum absolute atomic E-state index is 10.5. The summed E-state index contributed by atoms with van der Waals surface area (Å²) in [5.74, 6) is -0.827. The molecule has 5 nitrogen and oxygen atoms in total. The number of aryl methyl sites for hydroxylation is 1. The highest BCUT2D eigenvalue weighted by atomic mass is 35.5. The Morgan fingerprint density at radius 1 is 1.37 bits per heavy atom. The topological polar surface area (TPSA) is 68.0 Å². The van der Waals surface area contributed by atoms with Gasteiger partial charge >= 0.3 is 5.97 Å². The Labute approximate surface area is 115 Å². The third-order valence-corrected chi connectivity index (χ3v) is 3.15. The van der Waals surface area contributed by atoms with Gasteiger partial charge in [0.1, 0.15) is 0 Å². The quantitative estimate of drug-likeness (QED) is 0.912. The van der Waals surface area contributed by atoms with E-state index in [1.807, 2.05) is 31.2 Å². The third kappa shape index (κ3) is 3.54. The van der Waals surface area contributed by atoms with Crippen LogP contribution in [0.1, 0.15) is 23.4 Å². The molecule has 0 aliphatic rings. The molecule has 0 unspecified atom stereocenters. The zero-order valence-corrected chi connectivity index (χ0v) is 11.3. The average Bonchev–Trinajstić information content (AvgIpc) is 2.71. The van der Waals surface area contributed by atoms with Crippen molar-refractivity contribution in [1.82, 2.24) is 15.0 Å². The molecule has 6 heteroatoms. The van der Waals surface area contributed by atoms with E-state index in [0.717, 1.165) is 17.0 Å². The number of aliphatic carboxylic acids is 1. The second-order valence-electron chi connectivity index (χ2n) is 4.30. The number of carboxylic acids is 1. The Kier molecular flexibility index (Phi) is 4.16. The minimum absolute atomic E-state index is 0.0699. The number of carboxylic acid groups (broad SMARTS) is 1. The zero-order valence-electron chi connectivity index (χ0n) is 10.5. The molecule has 0 aliphatic heterocycles. The van der Waals surface area contributed by atoms with E-state index >= 15 is 0 Å². The lowest BCUT2D eigenvalue weighted by Gasteiger charge is -2.04. The summed E-state index contributed by atoms with van der Waals surface area (Å²) in [6.07, 6.45) is 0.474.